The van der Waals surface area contributed by atoms with Gasteiger partial charge in [-0.05, 0) is 161 Å². The van der Waals surface area contributed by atoms with Gasteiger partial charge in [-0.15, -0.1) is 0 Å². The molecular weight excluding hydrogens is 741 g/mol. The molecule has 0 aliphatic heterocycles. The Morgan fingerprint density at radius 1 is 0.949 bits per heavy atom. The number of aliphatic hydroxyl groups is 3. The summed E-state index contributed by atoms with van der Waals surface area (Å²) >= 11 is 0. The number of benzene rings is 1. The first-order chi connectivity index (χ1) is 27.6. The molecule has 0 spiro atoms. The summed E-state index contributed by atoms with van der Waals surface area (Å²) in [5.74, 6) is 0.813. The van der Waals surface area contributed by atoms with Crippen LogP contribution >= 0.6 is 0 Å². The molecule has 0 aromatic heterocycles. The third-order valence-electron chi connectivity index (χ3n) is 16.0. The highest BCUT2D eigenvalue weighted by Gasteiger charge is 2.63. The lowest BCUT2D eigenvalue weighted by Crippen LogP contribution is -2.53. The van der Waals surface area contributed by atoms with Crippen molar-refractivity contribution < 1.29 is 39.9 Å². The van der Waals surface area contributed by atoms with E-state index in [9.17, 15) is 35.1 Å². The van der Waals surface area contributed by atoms with Crippen LogP contribution in [0.3, 0.4) is 0 Å². The number of phenolic OH excluding ortho intramolecular Hbond substituents is 2. The highest BCUT2D eigenvalue weighted by molar-refractivity contribution is 5.88. The molecule has 0 amide bonds. The normalized spacial score (nSPS) is 30.3. The first kappa shape index (κ1) is 46.6. The summed E-state index contributed by atoms with van der Waals surface area (Å²) in [6.07, 6.45) is 19.4. The Balaban J connectivity index is 1.32. The lowest BCUT2D eigenvalue weighted by molar-refractivity contribution is -0.165. The zero-order valence-corrected chi connectivity index (χ0v) is 37.5. The molecule has 5 N–H and O–H groups in total. The highest BCUT2D eigenvalue weighted by atomic mass is 16.6. The van der Waals surface area contributed by atoms with Gasteiger partial charge in [0.15, 0.2) is 0 Å². The van der Waals surface area contributed by atoms with Crippen LogP contribution in [0.2, 0.25) is 0 Å². The minimum absolute atomic E-state index is 0.00356. The van der Waals surface area contributed by atoms with E-state index in [0.29, 0.717) is 60.9 Å². The maximum atomic E-state index is 14.1. The number of carbonyl (C=O) groups excluding carboxylic acids is 2. The van der Waals surface area contributed by atoms with Gasteiger partial charge in [0, 0.05) is 23.0 Å². The molecule has 2 saturated carbocycles. The van der Waals surface area contributed by atoms with Crippen LogP contribution in [0.4, 0.5) is 0 Å². The average Bonchev–Trinajstić information content (AvgIpc) is 3.47. The van der Waals surface area contributed by atoms with Crippen molar-refractivity contribution in [1.29, 1.82) is 0 Å². The largest absolute Gasteiger partial charge is 0.508 e. The van der Waals surface area contributed by atoms with Crippen LogP contribution in [-0.2, 0) is 20.7 Å². The summed E-state index contributed by atoms with van der Waals surface area (Å²) in [4.78, 5) is 27.1. The number of phenols is 2. The van der Waals surface area contributed by atoms with E-state index < -0.39 is 24.3 Å². The van der Waals surface area contributed by atoms with Crippen molar-refractivity contribution in [1.82, 2.24) is 0 Å². The Hall–Kier alpha value is -3.46. The van der Waals surface area contributed by atoms with Crippen LogP contribution in [0.15, 0.2) is 76.4 Å². The minimum atomic E-state index is -1.66. The number of hydrogen-bond donors (Lipinski definition) is 5. The zero-order chi connectivity index (χ0) is 43.6. The lowest BCUT2D eigenvalue weighted by Gasteiger charge is -2.59. The number of ether oxygens (including phenoxy) is 1. The fraction of sp³-hybridized carbons (Fsp3) is 0.647. The van der Waals surface area contributed by atoms with Crippen molar-refractivity contribution in [2.24, 2.45) is 39.4 Å². The van der Waals surface area contributed by atoms with Gasteiger partial charge >= 0.3 is 5.97 Å². The number of hydrogen-bond acceptors (Lipinski definition) is 8. The third kappa shape index (κ3) is 9.40. The Morgan fingerprint density at radius 3 is 2.34 bits per heavy atom. The van der Waals surface area contributed by atoms with E-state index in [2.05, 4.69) is 59.8 Å². The highest BCUT2D eigenvalue weighted by Crippen LogP contribution is 2.71. The number of ketones is 1. The third-order valence-corrected chi connectivity index (χ3v) is 16.0. The molecule has 8 heteroatoms. The second kappa shape index (κ2) is 18.3. The number of aromatic hydroxyl groups is 2. The average molecular weight is 815 g/mol. The van der Waals surface area contributed by atoms with Gasteiger partial charge in [-0.25, -0.2) is 4.79 Å². The van der Waals surface area contributed by atoms with Crippen LogP contribution < -0.4 is 0 Å². The van der Waals surface area contributed by atoms with Gasteiger partial charge in [0.25, 0.3) is 0 Å². The number of carbonyl (C=O) groups is 2. The lowest BCUT2D eigenvalue weighted by atomic mass is 9.44. The SMILES string of the molecule is C/C(=C\CC/C(C)=C/CC/C(=C/Cc1cc(O)ccc1O)C(=O)OC(CCC(C)[C@H]1CC[C@@]2(C)C3=CC[C@H]4C(C)(C)C(=O)CC[C@]4(C)C3=CC[C@]12C)C(C)(O)CO)CO. The quantitative estimate of drug-likeness (QED) is 0.0453. The molecule has 3 unspecified atom stereocenters. The summed E-state index contributed by atoms with van der Waals surface area (Å²) in [5, 5.41) is 51.6. The van der Waals surface area contributed by atoms with E-state index in [1.54, 1.807) is 6.08 Å². The molecule has 1 aromatic rings. The fourth-order valence-electron chi connectivity index (χ4n) is 11.6. The molecule has 4 aliphatic carbocycles. The van der Waals surface area contributed by atoms with Gasteiger partial charge in [0.2, 0.25) is 0 Å². The monoisotopic (exact) mass is 815 g/mol. The van der Waals surface area contributed by atoms with Crippen molar-refractivity contribution >= 4 is 11.8 Å². The molecule has 4 aliphatic rings. The molecule has 0 bridgehead atoms. The summed E-state index contributed by atoms with van der Waals surface area (Å²) in [7, 11) is 0. The van der Waals surface area contributed by atoms with Crippen molar-refractivity contribution in [3.8, 4) is 11.5 Å². The van der Waals surface area contributed by atoms with Gasteiger partial charge in [-0.2, -0.15) is 0 Å². The fourth-order valence-corrected chi connectivity index (χ4v) is 11.6. The molecule has 0 saturated heterocycles. The number of aliphatic hydroxyl groups excluding tert-OH is 2. The number of esters is 1. The summed E-state index contributed by atoms with van der Waals surface area (Å²) in [6.45, 7) is 18.9. The van der Waals surface area contributed by atoms with Crippen LogP contribution in [0.5, 0.6) is 11.5 Å². The van der Waals surface area contributed by atoms with E-state index in [1.807, 2.05) is 19.9 Å². The van der Waals surface area contributed by atoms with Gasteiger partial charge in [-0.3, -0.25) is 4.79 Å². The number of allylic oxidation sites excluding steroid dienone is 8. The molecule has 2 fully saturated rings. The smallest absolute Gasteiger partial charge is 0.334 e. The minimum Gasteiger partial charge on any atom is -0.508 e. The van der Waals surface area contributed by atoms with E-state index >= 15 is 0 Å². The standard InChI is InChI=1S/C51H74O8/c1-33(12-10-14-34(2)31-52)13-11-15-36(17-18-37-30-38(54)19-21-42(37)55)46(57)59-45(51(9,58)32-53)23-16-35(3)39-24-28-50(8)41-20-22-43-47(4,5)44(56)26-27-48(43,6)40(41)25-29-49(39,50)7/h13-14,17,19-21,25,30,35,39,43,45,52-55,58H,10-12,15-16,18,22-24,26-29,31-32H2,1-9H3/b33-13+,34-14+,36-17-/t35?,39-,43+,45?,48-,49-,50+,51?/m1/s1. The van der Waals surface area contributed by atoms with Crippen molar-refractivity contribution in [2.45, 2.75) is 157 Å². The predicted octanol–water partition coefficient (Wildman–Crippen LogP) is 10.2. The molecule has 59 heavy (non-hydrogen) atoms. The number of fused-ring (bicyclic) bond motifs is 5. The van der Waals surface area contributed by atoms with E-state index in [0.717, 1.165) is 56.1 Å². The van der Waals surface area contributed by atoms with E-state index in [-0.39, 0.29) is 52.1 Å². The predicted molar refractivity (Wildman–Crippen MR) is 235 cm³/mol. The maximum absolute atomic E-state index is 14.1. The van der Waals surface area contributed by atoms with Gasteiger partial charge in [-0.1, -0.05) is 83.1 Å². The van der Waals surface area contributed by atoms with Gasteiger partial charge in [0.05, 0.1) is 13.2 Å². The Kier molecular flexibility index (Phi) is 14.4. The van der Waals surface area contributed by atoms with Crippen LogP contribution in [0.1, 0.15) is 145 Å². The zero-order valence-electron chi connectivity index (χ0n) is 37.5. The molecule has 0 heterocycles. The molecular formula is C51H74O8. The van der Waals surface area contributed by atoms with E-state index in [4.69, 9.17) is 4.74 Å². The summed E-state index contributed by atoms with van der Waals surface area (Å²) in [5.41, 5.74) is 3.95. The molecule has 326 valence electrons. The Morgan fingerprint density at radius 2 is 1.64 bits per heavy atom. The topological polar surface area (TPSA) is 145 Å². The molecule has 0 radical (unpaired) electrons. The van der Waals surface area contributed by atoms with Crippen LogP contribution in [0.25, 0.3) is 0 Å². The van der Waals surface area contributed by atoms with Crippen molar-refractivity contribution in [2.75, 3.05) is 13.2 Å². The second-order valence-corrected chi connectivity index (χ2v) is 20.2. The molecule has 5 rings (SSSR count). The summed E-state index contributed by atoms with van der Waals surface area (Å²) in [6, 6.07) is 4.30. The van der Waals surface area contributed by atoms with Gasteiger partial charge < -0.3 is 30.3 Å². The maximum Gasteiger partial charge on any atom is 0.334 e. The molecule has 8 nitrogen and oxygen atoms in total. The first-order valence-corrected chi connectivity index (χ1v) is 22.3. The number of Topliss-reactive ketones (excluding diaryl/α,β-unsaturated/α-hetero) is 1. The molecule has 1 aromatic carbocycles. The van der Waals surface area contributed by atoms with Crippen molar-refractivity contribution in [3.05, 3.63) is 82.0 Å². The van der Waals surface area contributed by atoms with Crippen LogP contribution in [-0.4, -0.2) is 62.2 Å². The van der Waals surface area contributed by atoms with E-state index in [1.165, 1.54) is 36.3 Å². The summed E-state index contributed by atoms with van der Waals surface area (Å²) < 4.78 is 6.17. The number of rotatable bonds is 17. The Labute approximate surface area is 354 Å². The van der Waals surface area contributed by atoms with Crippen molar-refractivity contribution in [3.63, 3.8) is 0 Å². The van der Waals surface area contributed by atoms with Crippen LogP contribution in [0, 0.1) is 39.4 Å². The first-order valence-electron chi connectivity index (χ1n) is 22.3. The van der Waals surface area contributed by atoms with Gasteiger partial charge in [0.1, 0.15) is 29.0 Å². The molecule has 8 atom stereocenters. The Bertz CT molecular complexity index is 1880. The second-order valence-electron chi connectivity index (χ2n) is 20.2.